The predicted molar refractivity (Wildman–Crippen MR) is 104 cm³/mol. The van der Waals surface area contributed by atoms with Crippen molar-refractivity contribution in [2.75, 3.05) is 5.32 Å². The number of nitrogens with one attached hydrogen (secondary N) is 1. The van der Waals surface area contributed by atoms with E-state index >= 15 is 0 Å². The van der Waals surface area contributed by atoms with E-state index in [1.165, 1.54) is 6.07 Å². The van der Waals surface area contributed by atoms with Gasteiger partial charge < -0.3 is 5.32 Å². The van der Waals surface area contributed by atoms with Crippen LogP contribution in [0.5, 0.6) is 0 Å². The van der Waals surface area contributed by atoms with Gasteiger partial charge in [-0.2, -0.15) is 0 Å². The van der Waals surface area contributed by atoms with Crippen LogP contribution in [-0.2, 0) is 0 Å². The highest BCUT2D eigenvalue weighted by atomic mass is 35.5. The Balaban J connectivity index is 2.14. The maximum atomic E-state index is 14.4. The number of aryl methyl sites for hydroxylation is 3. The SMILES string of the molecule is Cc1cc(C)c(Nc2ccnc(Cl)c2-c2ccc(C)cc2Cl)c(F)c1. The van der Waals surface area contributed by atoms with Gasteiger partial charge in [-0.05, 0) is 55.7 Å². The predicted octanol–water partition coefficient (Wildman–Crippen LogP) is 6.86. The summed E-state index contributed by atoms with van der Waals surface area (Å²) in [5, 5.41) is 4.03. The molecule has 2 aromatic carbocycles. The second kappa shape index (κ2) is 7.03. The van der Waals surface area contributed by atoms with Crippen LogP contribution in [0.2, 0.25) is 10.2 Å². The van der Waals surface area contributed by atoms with Crippen molar-refractivity contribution in [3.8, 4) is 11.1 Å². The zero-order chi connectivity index (χ0) is 18.1. The molecule has 1 heterocycles. The first kappa shape index (κ1) is 17.7. The molecule has 0 unspecified atom stereocenters. The zero-order valence-corrected chi connectivity index (χ0v) is 15.6. The molecule has 0 atom stereocenters. The highest BCUT2D eigenvalue weighted by Crippen LogP contribution is 2.39. The van der Waals surface area contributed by atoms with Gasteiger partial charge in [0.1, 0.15) is 11.0 Å². The monoisotopic (exact) mass is 374 g/mol. The molecule has 0 saturated heterocycles. The third-order valence-electron chi connectivity index (χ3n) is 3.99. The molecule has 25 heavy (non-hydrogen) atoms. The molecule has 0 aliphatic carbocycles. The summed E-state index contributed by atoms with van der Waals surface area (Å²) in [7, 11) is 0. The third kappa shape index (κ3) is 3.63. The van der Waals surface area contributed by atoms with Crippen LogP contribution in [0.15, 0.2) is 42.6 Å². The Kier molecular flexibility index (Phi) is 4.98. The van der Waals surface area contributed by atoms with E-state index in [4.69, 9.17) is 23.2 Å². The second-order valence-corrected chi connectivity index (χ2v) is 6.84. The number of hydrogen-bond donors (Lipinski definition) is 1. The fourth-order valence-electron chi connectivity index (χ4n) is 2.83. The highest BCUT2D eigenvalue weighted by molar-refractivity contribution is 6.36. The van der Waals surface area contributed by atoms with Crippen LogP contribution in [0.4, 0.5) is 15.8 Å². The van der Waals surface area contributed by atoms with Gasteiger partial charge in [0, 0.05) is 22.3 Å². The van der Waals surface area contributed by atoms with Gasteiger partial charge in [0.05, 0.1) is 11.4 Å². The van der Waals surface area contributed by atoms with Gasteiger partial charge >= 0.3 is 0 Å². The second-order valence-electron chi connectivity index (χ2n) is 6.07. The molecule has 0 amide bonds. The molecule has 2 nitrogen and oxygen atoms in total. The van der Waals surface area contributed by atoms with E-state index in [0.717, 1.165) is 22.3 Å². The Morgan fingerprint density at radius 1 is 0.960 bits per heavy atom. The van der Waals surface area contributed by atoms with Crippen molar-refractivity contribution in [3.63, 3.8) is 0 Å². The lowest BCUT2D eigenvalue weighted by molar-refractivity contribution is 0.629. The molecule has 1 N–H and O–H groups in total. The Hall–Kier alpha value is -2.10. The van der Waals surface area contributed by atoms with Crippen LogP contribution >= 0.6 is 23.2 Å². The van der Waals surface area contributed by atoms with Crippen molar-refractivity contribution in [2.45, 2.75) is 20.8 Å². The largest absolute Gasteiger partial charge is 0.352 e. The first-order chi connectivity index (χ1) is 11.9. The molecule has 0 spiro atoms. The fourth-order valence-corrected chi connectivity index (χ4v) is 3.42. The van der Waals surface area contributed by atoms with Crippen molar-refractivity contribution in [1.29, 1.82) is 0 Å². The van der Waals surface area contributed by atoms with Crippen molar-refractivity contribution < 1.29 is 4.39 Å². The summed E-state index contributed by atoms with van der Waals surface area (Å²) in [5.74, 6) is -0.314. The summed E-state index contributed by atoms with van der Waals surface area (Å²) >= 11 is 12.7. The minimum atomic E-state index is -0.314. The van der Waals surface area contributed by atoms with E-state index in [1.54, 1.807) is 12.3 Å². The molecular weight excluding hydrogens is 358 g/mol. The van der Waals surface area contributed by atoms with E-state index < -0.39 is 0 Å². The van der Waals surface area contributed by atoms with E-state index in [9.17, 15) is 4.39 Å². The maximum absolute atomic E-state index is 14.4. The Labute approximate surface area is 156 Å². The number of rotatable bonds is 3. The molecular formula is C20H17Cl2FN2. The molecule has 0 radical (unpaired) electrons. The number of anilines is 2. The van der Waals surface area contributed by atoms with Gasteiger partial charge in [-0.3, -0.25) is 0 Å². The molecule has 3 aromatic rings. The first-order valence-electron chi connectivity index (χ1n) is 7.81. The molecule has 0 aliphatic rings. The van der Waals surface area contributed by atoms with Crippen LogP contribution in [-0.4, -0.2) is 4.98 Å². The molecule has 1 aromatic heterocycles. The van der Waals surface area contributed by atoms with Crippen LogP contribution < -0.4 is 5.32 Å². The normalized spacial score (nSPS) is 10.8. The van der Waals surface area contributed by atoms with Crippen LogP contribution in [0, 0.1) is 26.6 Å². The molecule has 0 saturated carbocycles. The van der Waals surface area contributed by atoms with Gasteiger partial charge in [0.25, 0.3) is 0 Å². The van der Waals surface area contributed by atoms with Crippen LogP contribution in [0.3, 0.4) is 0 Å². The lowest BCUT2D eigenvalue weighted by atomic mass is 10.0. The summed E-state index contributed by atoms with van der Waals surface area (Å²) in [6.07, 6.45) is 1.58. The number of nitrogens with zero attached hydrogens (tertiary/aromatic N) is 1. The van der Waals surface area contributed by atoms with Crippen LogP contribution in [0.25, 0.3) is 11.1 Å². The number of aromatic nitrogens is 1. The third-order valence-corrected chi connectivity index (χ3v) is 4.59. The van der Waals surface area contributed by atoms with Gasteiger partial charge in [0.2, 0.25) is 0 Å². The highest BCUT2D eigenvalue weighted by Gasteiger charge is 2.16. The van der Waals surface area contributed by atoms with Gasteiger partial charge in [-0.1, -0.05) is 41.4 Å². The molecule has 0 aliphatic heterocycles. The molecule has 3 rings (SSSR count). The topological polar surface area (TPSA) is 24.9 Å². The minimum absolute atomic E-state index is 0.306. The summed E-state index contributed by atoms with van der Waals surface area (Å²) in [6, 6.07) is 10.9. The molecule has 128 valence electrons. The average Bonchev–Trinajstić information content (AvgIpc) is 2.52. The molecule has 0 bridgehead atoms. The Morgan fingerprint density at radius 3 is 2.40 bits per heavy atom. The molecule has 5 heteroatoms. The Bertz CT molecular complexity index is 931. The Morgan fingerprint density at radius 2 is 1.72 bits per heavy atom. The smallest absolute Gasteiger partial charge is 0.147 e. The van der Waals surface area contributed by atoms with E-state index in [1.807, 2.05) is 45.0 Å². The van der Waals surface area contributed by atoms with E-state index in [0.29, 0.717) is 27.1 Å². The fraction of sp³-hybridized carbons (Fsp3) is 0.150. The first-order valence-corrected chi connectivity index (χ1v) is 8.57. The lowest BCUT2D eigenvalue weighted by Crippen LogP contribution is -2.00. The van der Waals surface area contributed by atoms with Crippen molar-refractivity contribution >= 4 is 34.6 Å². The number of halogens is 3. The number of pyridine rings is 1. The standard InChI is InChI=1S/C20H17Cl2FN2/c1-11-4-5-14(15(21)9-11)18-17(6-7-24-20(18)22)25-19-13(3)8-12(2)10-16(19)23/h4-10H,1-3H3,(H,24,25). The summed E-state index contributed by atoms with van der Waals surface area (Å²) in [4.78, 5) is 4.15. The lowest BCUT2D eigenvalue weighted by Gasteiger charge is -2.17. The zero-order valence-electron chi connectivity index (χ0n) is 14.1. The number of hydrogen-bond acceptors (Lipinski definition) is 2. The minimum Gasteiger partial charge on any atom is -0.352 e. The summed E-state index contributed by atoms with van der Waals surface area (Å²) in [5.41, 5.74) is 5.19. The van der Waals surface area contributed by atoms with Crippen molar-refractivity contribution in [1.82, 2.24) is 4.98 Å². The summed E-state index contributed by atoms with van der Waals surface area (Å²) < 4.78 is 14.4. The van der Waals surface area contributed by atoms with E-state index in [2.05, 4.69) is 10.3 Å². The quantitative estimate of drug-likeness (QED) is 0.506. The van der Waals surface area contributed by atoms with E-state index in [-0.39, 0.29) is 5.82 Å². The van der Waals surface area contributed by atoms with Gasteiger partial charge in [0.15, 0.2) is 0 Å². The maximum Gasteiger partial charge on any atom is 0.147 e. The van der Waals surface area contributed by atoms with Crippen molar-refractivity contribution in [3.05, 3.63) is 75.3 Å². The van der Waals surface area contributed by atoms with Crippen LogP contribution in [0.1, 0.15) is 16.7 Å². The average molecular weight is 375 g/mol. The summed E-state index contributed by atoms with van der Waals surface area (Å²) in [6.45, 7) is 5.69. The van der Waals surface area contributed by atoms with Gasteiger partial charge in [-0.25, -0.2) is 9.37 Å². The number of benzene rings is 2. The van der Waals surface area contributed by atoms with Gasteiger partial charge in [-0.15, -0.1) is 0 Å². The molecule has 0 fully saturated rings. The van der Waals surface area contributed by atoms with Crippen molar-refractivity contribution in [2.24, 2.45) is 0 Å².